The van der Waals surface area contributed by atoms with E-state index in [9.17, 15) is 48.9 Å². The lowest BCUT2D eigenvalue weighted by atomic mass is 9.95. The van der Waals surface area contributed by atoms with Gasteiger partial charge in [0.25, 0.3) is 11.8 Å². The normalized spacial score (nSPS) is 24.5. The van der Waals surface area contributed by atoms with Crippen molar-refractivity contribution in [3.05, 3.63) is 60.6 Å². The highest BCUT2D eigenvalue weighted by atomic mass is 16.6. The van der Waals surface area contributed by atoms with Crippen molar-refractivity contribution in [2.24, 2.45) is 5.92 Å². The first-order chi connectivity index (χ1) is 29.5. The summed E-state index contributed by atoms with van der Waals surface area (Å²) in [5.74, 6) is -3.58. The number of ether oxygens (including phenoxy) is 2. The number of H-pyrrole nitrogens is 1. The number of aromatic nitrogens is 3. The number of rotatable bonds is 15. The number of carbonyl (C=O) groups excluding carboxylic acids is 7. The summed E-state index contributed by atoms with van der Waals surface area (Å²) in [7, 11) is 0. The lowest BCUT2D eigenvalue weighted by Crippen LogP contribution is -2.66. The predicted octanol–water partition coefficient (Wildman–Crippen LogP) is -1.01. The van der Waals surface area contributed by atoms with Crippen molar-refractivity contribution in [2.75, 3.05) is 23.7 Å². The predicted molar refractivity (Wildman–Crippen MR) is 217 cm³/mol. The van der Waals surface area contributed by atoms with Crippen molar-refractivity contribution < 1.29 is 58.4 Å². The van der Waals surface area contributed by atoms with Crippen LogP contribution in [0.3, 0.4) is 0 Å². The standard InChI is InChI=1S/C40H50N10O12/c1-19(2)29(46-26(52)13-16-49-27(53)9-10-28(49)54)37(58)44-20(3)36(57)45-23-7-5-22(6-8-23)17-61-40(60)50-15-12-25(51)32(50)38(59)47-30-21(4)62-39(34(56)33(30)55)48-35-31-24(11-14-41-31)42-18-43-35/h5-11,14,18-21,25,29-30,32-34,39,41,51,55-56H,12-13,15-17H2,1-4H3,(H,44,58)(H,45,57)(H,46,52)(H,47,59)(H,42,43,48)/t20-,21-,25-,29-,30-,32+,33+,34-,39-/m0/s1. The molecule has 7 amide bonds. The maximum absolute atomic E-state index is 13.5. The lowest BCUT2D eigenvalue weighted by Gasteiger charge is -2.42. The van der Waals surface area contributed by atoms with Gasteiger partial charge in [-0.25, -0.2) is 14.8 Å². The number of carbonyl (C=O) groups is 7. The van der Waals surface area contributed by atoms with E-state index >= 15 is 0 Å². The zero-order valence-electron chi connectivity index (χ0n) is 34.3. The van der Waals surface area contributed by atoms with Crippen molar-refractivity contribution in [3.8, 4) is 0 Å². The summed E-state index contributed by atoms with van der Waals surface area (Å²) < 4.78 is 11.4. The van der Waals surface area contributed by atoms with Gasteiger partial charge in [-0.05, 0) is 49.9 Å². The summed E-state index contributed by atoms with van der Waals surface area (Å²) in [5.41, 5.74) is 2.07. The Morgan fingerprint density at radius 2 is 1.66 bits per heavy atom. The molecule has 6 rings (SSSR count). The summed E-state index contributed by atoms with van der Waals surface area (Å²) in [5, 5.41) is 46.2. The third kappa shape index (κ3) is 10.3. The summed E-state index contributed by atoms with van der Waals surface area (Å²) in [6.07, 6.45) is -1.99. The SMILES string of the molecule is CC(C)[C@H](NC(=O)CCN1C(=O)C=CC1=O)C(=O)N[C@@H](C)C(=O)Nc1ccc(COC(=O)N2CC[C@H](O)[C@@H]2C(=O)N[C@@H]2[C@@H](O)[C@H](O)[C@@H](Nc3ncnc4cc[nH]c34)O[C@H]2C)cc1. The maximum atomic E-state index is 13.5. The minimum Gasteiger partial charge on any atom is -0.445 e. The summed E-state index contributed by atoms with van der Waals surface area (Å²) >= 11 is 0. The number of nitrogens with zero attached hydrogens (tertiary/aromatic N) is 4. The Labute approximate surface area is 354 Å². The van der Waals surface area contributed by atoms with E-state index in [-0.39, 0.29) is 38.5 Å². The second-order valence-electron chi connectivity index (χ2n) is 15.5. The first-order valence-electron chi connectivity index (χ1n) is 20.0. The second-order valence-corrected chi connectivity index (χ2v) is 15.5. The van der Waals surface area contributed by atoms with E-state index in [1.807, 2.05) is 0 Å². The molecule has 0 radical (unpaired) electrons. The van der Waals surface area contributed by atoms with Crippen molar-refractivity contribution in [1.82, 2.24) is 40.7 Å². The zero-order valence-corrected chi connectivity index (χ0v) is 34.3. The molecular weight excluding hydrogens is 812 g/mol. The molecule has 22 heteroatoms. The molecule has 2 aromatic heterocycles. The van der Waals surface area contributed by atoms with Crippen LogP contribution in [0.25, 0.3) is 11.0 Å². The Morgan fingerprint density at radius 1 is 0.952 bits per heavy atom. The van der Waals surface area contributed by atoms with Gasteiger partial charge in [0.1, 0.15) is 48.8 Å². The van der Waals surface area contributed by atoms with Crippen LogP contribution >= 0.6 is 0 Å². The molecule has 0 bridgehead atoms. The fourth-order valence-corrected chi connectivity index (χ4v) is 7.23. The monoisotopic (exact) mass is 862 g/mol. The number of amides is 7. The Morgan fingerprint density at radius 3 is 2.35 bits per heavy atom. The maximum Gasteiger partial charge on any atom is 0.410 e. The molecule has 1 aromatic carbocycles. The van der Waals surface area contributed by atoms with Gasteiger partial charge in [-0.2, -0.15) is 0 Å². The number of fused-ring (bicyclic) bond motifs is 1. The zero-order chi connectivity index (χ0) is 44.8. The molecule has 0 saturated carbocycles. The summed E-state index contributed by atoms with van der Waals surface area (Å²) in [6.45, 7) is 6.10. The van der Waals surface area contributed by atoms with Gasteiger partial charge in [-0.15, -0.1) is 0 Å². The topological polar surface area (TPSA) is 307 Å². The molecule has 0 spiro atoms. The van der Waals surface area contributed by atoms with E-state index in [1.165, 1.54) is 13.3 Å². The van der Waals surface area contributed by atoms with Gasteiger partial charge < -0.3 is 56.4 Å². The van der Waals surface area contributed by atoms with Crippen LogP contribution in [0.15, 0.2) is 55.0 Å². The van der Waals surface area contributed by atoms with Crippen molar-refractivity contribution in [2.45, 2.75) is 102 Å². The Balaban J connectivity index is 0.953. The summed E-state index contributed by atoms with van der Waals surface area (Å²) in [6, 6.07) is 3.52. The molecule has 2 fully saturated rings. The van der Waals surface area contributed by atoms with Crippen LogP contribution in [-0.4, -0.2) is 150 Å². The minimum atomic E-state index is -1.52. The van der Waals surface area contributed by atoms with Gasteiger partial charge in [-0.1, -0.05) is 26.0 Å². The van der Waals surface area contributed by atoms with Gasteiger partial charge in [0.2, 0.25) is 23.6 Å². The van der Waals surface area contributed by atoms with Gasteiger partial charge in [-0.3, -0.25) is 38.6 Å². The van der Waals surface area contributed by atoms with Crippen LogP contribution in [0.2, 0.25) is 0 Å². The van der Waals surface area contributed by atoms with E-state index < -0.39 is 96.3 Å². The van der Waals surface area contributed by atoms with Crippen LogP contribution in [-0.2, 0) is 44.8 Å². The molecule has 332 valence electrons. The molecule has 22 nitrogen and oxygen atoms in total. The smallest absolute Gasteiger partial charge is 0.410 e. The molecule has 0 aliphatic carbocycles. The fraction of sp³-hybridized carbons (Fsp3) is 0.475. The van der Waals surface area contributed by atoms with Crippen LogP contribution in [0.5, 0.6) is 0 Å². The van der Waals surface area contributed by atoms with Crippen LogP contribution in [0, 0.1) is 5.92 Å². The fourth-order valence-electron chi connectivity index (χ4n) is 7.23. The molecule has 5 heterocycles. The molecule has 2 saturated heterocycles. The van der Waals surface area contributed by atoms with Crippen LogP contribution < -0.4 is 26.6 Å². The third-order valence-electron chi connectivity index (χ3n) is 10.8. The number of benzene rings is 1. The molecule has 3 aliphatic rings. The Hall–Kier alpha value is -6.49. The Bertz CT molecular complexity index is 2180. The second kappa shape index (κ2) is 19.5. The highest BCUT2D eigenvalue weighted by molar-refractivity contribution is 6.13. The number of likely N-dealkylation sites (tertiary alicyclic amines) is 1. The Kier molecular flexibility index (Phi) is 14.2. The number of anilines is 2. The number of nitrogens with one attached hydrogen (secondary N) is 6. The van der Waals surface area contributed by atoms with E-state index in [4.69, 9.17) is 9.47 Å². The molecular formula is C40H50N10O12. The molecule has 3 aliphatic heterocycles. The van der Waals surface area contributed by atoms with E-state index in [0.29, 0.717) is 28.1 Å². The lowest BCUT2D eigenvalue weighted by molar-refractivity contribution is -0.173. The highest BCUT2D eigenvalue weighted by Crippen LogP contribution is 2.27. The minimum absolute atomic E-state index is 0.00307. The number of aliphatic hydroxyl groups is 3. The number of hydrogen-bond donors (Lipinski definition) is 9. The number of aromatic amines is 1. The molecule has 9 atom stereocenters. The first kappa shape index (κ1) is 45.0. The quantitative estimate of drug-likeness (QED) is 0.0828. The molecule has 62 heavy (non-hydrogen) atoms. The number of imide groups is 1. The van der Waals surface area contributed by atoms with Crippen LogP contribution in [0.4, 0.5) is 16.3 Å². The third-order valence-corrected chi connectivity index (χ3v) is 10.8. The van der Waals surface area contributed by atoms with Crippen LogP contribution in [0.1, 0.15) is 46.1 Å². The van der Waals surface area contributed by atoms with Crippen molar-refractivity contribution >= 4 is 64.1 Å². The van der Waals surface area contributed by atoms with Gasteiger partial charge in [0.05, 0.1) is 23.8 Å². The summed E-state index contributed by atoms with van der Waals surface area (Å²) in [4.78, 5) is 102. The van der Waals surface area contributed by atoms with E-state index in [1.54, 1.807) is 57.3 Å². The number of hydrogen-bond acceptors (Lipinski definition) is 15. The van der Waals surface area contributed by atoms with Gasteiger partial charge in [0.15, 0.2) is 12.0 Å². The number of aliphatic hydroxyl groups excluding tert-OH is 3. The van der Waals surface area contributed by atoms with Crippen molar-refractivity contribution in [1.29, 1.82) is 0 Å². The average Bonchev–Trinajstić information content (AvgIpc) is 3.97. The van der Waals surface area contributed by atoms with Crippen molar-refractivity contribution in [3.63, 3.8) is 0 Å². The first-order valence-corrected chi connectivity index (χ1v) is 20.0. The van der Waals surface area contributed by atoms with Gasteiger partial charge in [0, 0.05) is 43.5 Å². The van der Waals surface area contributed by atoms with E-state index in [0.717, 1.165) is 22.0 Å². The molecule has 9 N–H and O–H groups in total. The van der Waals surface area contributed by atoms with E-state index in [2.05, 4.69) is 41.5 Å². The molecule has 0 unspecified atom stereocenters. The highest BCUT2D eigenvalue weighted by Gasteiger charge is 2.47. The van der Waals surface area contributed by atoms with Gasteiger partial charge >= 0.3 is 6.09 Å². The average molecular weight is 863 g/mol. The molecule has 3 aromatic rings. The largest absolute Gasteiger partial charge is 0.445 e.